The van der Waals surface area contributed by atoms with Crippen molar-refractivity contribution in [3.63, 3.8) is 0 Å². The highest BCUT2D eigenvalue weighted by Gasteiger charge is 2.31. The smallest absolute Gasteiger partial charge is 0.191 e. The molecule has 6 nitrogen and oxygen atoms in total. The third-order valence-corrected chi connectivity index (χ3v) is 6.02. The van der Waals surface area contributed by atoms with Crippen LogP contribution in [0.25, 0.3) is 0 Å². The van der Waals surface area contributed by atoms with Gasteiger partial charge in [-0.05, 0) is 45.4 Å². The first-order chi connectivity index (χ1) is 12.6. The number of nitrogens with one attached hydrogen (secondary N) is 2. The zero-order valence-corrected chi connectivity index (χ0v) is 17.1. The van der Waals surface area contributed by atoms with Gasteiger partial charge in [0.1, 0.15) is 0 Å². The molecule has 26 heavy (non-hydrogen) atoms. The van der Waals surface area contributed by atoms with Gasteiger partial charge in [-0.2, -0.15) is 0 Å². The van der Waals surface area contributed by atoms with Crippen LogP contribution in [0.1, 0.15) is 59.3 Å². The summed E-state index contributed by atoms with van der Waals surface area (Å²) in [6, 6.07) is 0.911. The second-order valence-electron chi connectivity index (χ2n) is 8.12. The van der Waals surface area contributed by atoms with Gasteiger partial charge in [0, 0.05) is 44.9 Å². The highest BCUT2D eigenvalue weighted by molar-refractivity contribution is 5.79. The average molecular weight is 369 g/mol. The lowest BCUT2D eigenvalue weighted by atomic mass is 9.72. The van der Waals surface area contributed by atoms with Crippen LogP contribution >= 0.6 is 0 Å². The Labute approximate surface area is 159 Å². The first kappa shape index (κ1) is 21.5. The van der Waals surface area contributed by atoms with Crippen molar-refractivity contribution in [1.82, 2.24) is 15.5 Å². The quantitative estimate of drug-likeness (QED) is 0.451. The number of guanidine groups is 1. The van der Waals surface area contributed by atoms with E-state index in [1.54, 1.807) is 0 Å². The van der Waals surface area contributed by atoms with Gasteiger partial charge in [-0.15, -0.1) is 0 Å². The van der Waals surface area contributed by atoms with Crippen LogP contribution in [0, 0.1) is 5.41 Å². The Bertz CT molecular complexity index is 419. The minimum atomic E-state index is 0.194. The maximum absolute atomic E-state index is 9.50. The molecule has 2 unspecified atom stereocenters. The summed E-state index contributed by atoms with van der Waals surface area (Å²) < 4.78 is 5.55. The fourth-order valence-corrected chi connectivity index (χ4v) is 4.37. The van der Waals surface area contributed by atoms with E-state index in [-0.39, 0.29) is 12.0 Å². The summed E-state index contributed by atoms with van der Waals surface area (Å²) in [5.41, 5.74) is 0.194. The molecule has 1 aliphatic carbocycles. The first-order valence-electron chi connectivity index (χ1n) is 10.6. The van der Waals surface area contributed by atoms with Gasteiger partial charge in [0.2, 0.25) is 0 Å². The minimum Gasteiger partial charge on any atom is -0.396 e. The maximum atomic E-state index is 9.50. The Hall–Kier alpha value is -0.850. The monoisotopic (exact) mass is 368 g/mol. The van der Waals surface area contributed by atoms with Gasteiger partial charge in [0.15, 0.2) is 5.96 Å². The third kappa shape index (κ3) is 6.39. The van der Waals surface area contributed by atoms with E-state index >= 15 is 0 Å². The molecule has 0 amide bonds. The molecule has 0 aromatic carbocycles. The van der Waals surface area contributed by atoms with Crippen LogP contribution in [-0.2, 0) is 4.74 Å². The van der Waals surface area contributed by atoms with E-state index in [1.807, 2.05) is 0 Å². The largest absolute Gasteiger partial charge is 0.396 e. The molecule has 6 heteroatoms. The van der Waals surface area contributed by atoms with Crippen molar-refractivity contribution < 1.29 is 9.84 Å². The number of nitrogens with zero attached hydrogens (tertiary/aromatic N) is 2. The number of ether oxygens (including phenoxy) is 1. The van der Waals surface area contributed by atoms with Gasteiger partial charge in [-0.25, -0.2) is 0 Å². The highest BCUT2D eigenvalue weighted by atomic mass is 16.5. The molecule has 0 aromatic heterocycles. The van der Waals surface area contributed by atoms with Gasteiger partial charge in [-0.1, -0.05) is 19.3 Å². The molecule has 2 atom stereocenters. The van der Waals surface area contributed by atoms with E-state index in [0.717, 1.165) is 51.8 Å². The van der Waals surface area contributed by atoms with Crippen molar-refractivity contribution in [3.8, 4) is 0 Å². The minimum absolute atomic E-state index is 0.194. The molecule has 1 aliphatic heterocycles. The van der Waals surface area contributed by atoms with Crippen LogP contribution < -0.4 is 10.6 Å². The Morgan fingerprint density at radius 1 is 1.31 bits per heavy atom. The zero-order chi connectivity index (χ0) is 18.8. The van der Waals surface area contributed by atoms with Crippen molar-refractivity contribution in [3.05, 3.63) is 0 Å². The van der Waals surface area contributed by atoms with E-state index in [4.69, 9.17) is 9.73 Å². The molecule has 2 rings (SSSR count). The molecule has 152 valence electrons. The van der Waals surface area contributed by atoms with Crippen LogP contribution in [0.4, 0.5) is 0 Å². The number of aliphatic imine (C=N–C) groups is 1. The Kier molecular flexibility index (Phi) is 9.16. The number of aliphatic hydroxyl groups is 1. The molecule has 1 saturated carbocycles. The number of aliphatic hydroxyl groups excluding tert-OH is 1. The molecule has 2 fully saturated rings. The molecule has 0 radical (unpaired) electrons. The molecule has 1 heterocycles. The summed E-state index contributed by atoms with van der Waals surface area (Å²) in [6.07, 6.45) is 7.12. The normalized spacial score (nSPS) is 25.7. The van der Waals surface area contributed by atoms with Crippen molar-refractivity contribution in [2.45, 2.75) is 71.4 Å². The average Bonchev–Trinajstić information content (AvgIpc) is 2.65. The fourth-order valence-electron chi connectivity index (χ4n) is 4.37. The van der Waals surface area contributed by atoms with E-state index < -0.39 is 0 Å². The Balaban J connectivity index is 1.90. The Morgan fingerprint density at radius 3 is 2.73 bits per heavy atom. The lowest BCUT2D eigenvalue weighted by Crippen LogP contribution is -2.53. The second kappa shape index (κ2) is 11.1. The predicted octanol–water partition coefficient (Wildman–Crippen LogP) is 1.98. The first-order valence-corrected chi connectivity index (χ1v) is 10.6. The van der Waals surface area contributed by atoms with Crippen LogP contribution in [0.5, 0.6) is 0 Å². The van der Waals surface area contributed by atoms with E-state index in [1.165, 1.54) is 32.1 Å². The van der Waals surface area contributed by atoms with Crippen molar-refractivity contribution in [1.29, 1.82) is 0 Å². The number of hydrogen-bond acceptors (Lipinski definition) is 4. The van der Waals surface area contributed by atoms with Crippen LogP contribution in [-0.4, -0.2) is 74.0 Å². The second-order valence-corrected chi connectivity index (χ2v) is 8.12. The summed E-state index contributed by atoms with van der Waals surface area (Å²) in [7, 11) is 0. The fraction of sp³-hybridized carbons (Fsp3) is 0.950. The molecule has 0 aromatic rings. The van der Waals surface area contributed by atoms with Gasteiger partial charge in [-0.3, -0.25) is 9.89 Å². The molecule has 3 N–H and O–H groups in total. The number of hydrogen-bond donors (Lipinski definition) is 3. The highest BCUT2D eigenvalue weighted by Crippen LogP contribution is 2.39. The zero-order valence-electron chi connectivity index (χ0n) is 17.1. The van der Waals surface area contributed by atoms with Gasteiger partial charge >= 0.3 is 0 Å². The SMILES string of the molecule is CCNC(=NCC1(CCO)CCCCC1)NCC(C)N1CCOCC1C. The number of rotatable bonds is 8. The molecular formula is C20H40N4O2. The van der Waals surface area contributed by atoms with Crippen molar-refractivity contribution in [2.24, 2.45) is 10.4 Å². The summed E-state index contributed by atoms with van der Waals surface area (Å²) in [6.45, 7) is 12.1. The van der Waals surface area contributed by atoms with Crippen molar-refractivity contribution >= 4 is 5.96 Å². The lowest BCUT2D eigenvalue weighted by Gasteiger charge is -2.38. The molecule has 2 aliphatic rings. The summed E-state index contributed by atoms with van der Waals surface area (Å²) >= 11 is 0. The summed E-state index contributed by atoms with van der Waals surface area (Å²) in [5, 5.41) is 16.4. The van der Waals surface area contributed by atoms with Crippen LogP contribution in [0.15, 0.2) is 4.99 Å². The Morgan fingerprint density at radius 2 is 2.08 bits per heavy atom. The standard InChI is InChI=1S/C20H40N4O2/c1-4-21-19(22-14-17(2)24-11-13-26-15-18(24)3)23-16-20(10-12-25)8-6-5-7-9-20/h17-18,25H,4-16H2,1-3H3,(H2,21,22,23). The van der Waals surface area contributed by atoms with Crippen LogP contribution in [0.2, 0.25) is 0 Å². The molecule has 0 spiro atoms. The molecule has 1 saturated heterocycles. The van der Waals surface area contributed by atoms with E-state index in [0.29, 0.717) is 12.1 Å². The molecule has 0 bridgehead atoms. The van der Waals surface area contributed by atoms with Gasteiger partial charge in [0.05, 0.1) is 13.2 Å². The van der Waals surface area contributed by atoms with Gasteiger partial charge < -0.3 is 20.5 Å². The summed E-state index contributed by atoms with van der Waals surface area (Å²) in [4.78, 5) is 7.41. The third-order valence-electron chi connectivity index (χ3n) is 6.02. The molecular weight excluding hydrogens is 328 g/mol. The maximum Gasteiger partial charge on any atom is 0.191 e. The van der Waals surface area contributed by atoms with Gasteiger partial charge in [0.25, 0.3) is 0 Å². The van der Waals surface area contributed by atoms with Crippen molar-refractivity contribution in [2.75, 3.05) is 46.0 Å². The topological polar surface area (TPSA) is 69.1 Å². The predicted molar refractivity (Wildman–Crippen MR) is 108 cm³/mol. The lowest BCUT2D eigenvalue weighted by molar-refractivity contribution is -0.0174. The number of morpholine rings is 1. The van der Waals surface area contributed by atoms with Crippen LogP contribution in [0.3, 0.4) is 0 Å². The summed E-state index contributed by atoms with van der Waals surface area (Å²) in [5.74, 6) is 0.906. The van der Waals surface area contributed by atoms with E-state index in [2.05, 4.69) is 36.3 Å². The van der Waals surface area contributed by atoms with E-state index in [9.17, 15) is 5.11 Å².